The number of sulfonamides is 1. The van der Waals surface area contributed by atoms with Crippen molar-refractivity contribution in [3.05, 3.63) is 54.1 Å². The first kappa shape index (κ1) is 23.5. The number of carbonyl (C=O) groups is 2. The molecule has 0 spiro atoms. The van der Waals surface area contributed by atoms with E-state index in [1.807, 2.05) is 0 Å². The number of ether oxygens (including phenoxy) is 1. The van der Waals surface area contributed by atoms with E-state index in [0.717, 1.165) is 28.6 Å². The van der Waals surface area contributed by atoms with Crippen LogP contribution in [0.5, 0.6) is 11.5 Å². The van der Waals surface area contributed by atoms with E-state index in [1.54, 1.807) is 13.8 Å². The number of nitrogens with zero attached hydrogens (tertiary/aromatic N) is 1. The number of halogens is 3. The summed E-state index contributed by atoms with van der Waals surface area (Å²) >= 11 is 0. The summed E-state index contributed by atoms with van der Waals surface area (Å²) in [6.07, 6.45) is -4.46. The number of hydrogen-bond acceptors (Lipinski definition) is 5. The normalized spacial score (nSPS) is 16.9. The van der Waals surface area contributed by atoms with Crippen LogP contribution >= 0.6 is 0 Å². The number of carbonyl (C=O) groups excluding carboxylic acids is 2. The van der Waals surface area contributed by atoms with Gasteiger partial charge in [0.25, 0.3) is 5.91 Å². The standard InChI is InChI=1S/C20H20F3N3O5S/c1-12(2)26(11-17-18(27)25-19(28)24-17)32(29,30)16-9-7-15(8-10-16)31-14-5-3-13(4-6-14)20(21,22)23/h3-10,12,17H,11H2,1-2H3,(H2,24,25,27,28). The third kappa shape index (κ3) is 5.19. The summed E-state index contributed by atoms with van der Waals surface area (Å²) in [5, 5.41) is 4.42. The molecule has 1 aliphatic rings. The lowest BCUT2D eigenvalue weighted by atomic mass is 10.2. The fourth-order valence-corrected chi connectivity index (χ4v) is 4.67. The van der Waals surface area contributed by atoms with Crippen LogP contribution in [0.4, 0.5) is 18.0 Å². The summed E-state index contributed by atoms with van der Waals surface area (Å²) in [5.74, 6) is -0.237. The molecular weight excluding hydrogens is 451 g/mol. The van der Waals surface area contributed by atoms with Crippen molar-refractivity contribution in [1.29, 1.82) is 0 Å². The van der Waals surface area contributed by atoms with Crippen LogP contribution in [0.3, 0.4) is 0 Å². The van der Waals surface area contributed by atoms with Crippen molar-refractivity contribution in [2.24, 2.45) is 0 Å². The molecule has 3 rings (SSSR count). The first-order valence-corrected chi connectivity index (χ1v) is 10.9. The Morgan fingerprint density at radius 1 is 1.00 bits per heavy atom. The van der Waals surface area contributed by atoms with E-state index < -0.39 is 45.8 Å². The highest BCUT2D eigenvalue weighted by molar-refractivity contribution is 7.89. The molecule has 1 unspecified atom stereocenters. The number of benzene rings is 2. The van der Waals surface area contributed by atoms with Crippen LogP contribution in [0.2, 0.25) is 0 Å². The van der Waals surface area contributed by atoms with Gasteiger partial charge in [-0.2, -0.15) is 17.5 Å². The number of nitrogens with one attached hydrogen (secondary N) is 2. The zero-order chi connectivity index (χ0) is 23.7. The summed E-state index contributed by atoms with van der Waals surface area (Å²) in [7, 11) is -4.02. The molecule has 1 atom stereocenters. The van der Waals surface area contributed by atoms with E-state index in [2.05, 4.69) is 10.6 Å². The molecule has 12 heteroatoms. The summed E-state index contributed by atoms with van der Waals surface area (Å²) in [6.45, 7) is 3.02. The number of imide groups is 1. The van der Waals surface area contributed by atoms with E-state index >= 15 is 0 Å². The molecule has 1 saturated heterocycles. The first-order chi connectivity index (χ1) is 14.9. The van der Waals surface area contributed by atoms with Crippen LogP contribution in [0, 0.1) is 0 Å². The molecule has 0 bridgehead atoms. The second-order valence-corrected chi connectivity index (χ2v) is 9.17. The monoisotopic (exact) mass is 471 g/mol. The van der Waals surface area contributed by atoms with E-state index in [9.17, 15) is 31.2 Å². The Balaban J connectivity index is 1.75. The third-order valence-corrected chi connectivity index (χ3v) is 6.70. The fourth-order valence-electron chi connectivity index (χ4n) is 3.02. The van der Waals surface area contributed by atoms with Crippen molar-refractivity contribution in [1.82, 2.24) is 14.9 Å². The van der Waals surface area contributed by atoms with Gasteiger partial charge in [-0.3, -0.25) is 10.1 Å². The smallest absolute Gasteiger partial charge is 0.416 e. The highest BCUT2D eigenvalue weighted by atomic mass is 32.2. The number of hydrogen-bond donors (Lipinski definition) is 2. The molecule has 32 heavy (non-hydrogen) atoms. The Bertz CT molecular complexity index is 1100. The Morgan fingerprint density at radius 3 is 1.97 bits per heavy atom. The minimum atomic E-state index is -4.46. The van der Waals surface area contributed by atoms with Crippen molar-refractivity contribution in [2.45, 2.75) is 37.0 Å². The van der Waals surface area contributed by atoms with Gasteiger partial charge in [0.05, 0.1) is 10.5 Å². The van der Waals surface area contributed by atoms with E-state index in [1.165, 1.54) is 24.3 Å². The van der Waals surface area contributed by atoms with Gasteiger partial charge in [0.2, 0.25) is 10.0 Å². The molecule has 2 aromatic carbocycles. The lowest BCUT2D eigenvalue weighted by Gasteiger charge is -2.27. The second kappa shape index (κ2) is 8.79. The summed E-state index contributed by atoms with van der Waals surface area (Å²) in [5.41, 5.74) is -0.813. The van der Waals surface area contributed by atoms with E-state index in [0.29, 0.717) is 0 Å². The van der Waals surface area contributed by atoms with Gasteiger partial charge in [0.1, 0.15) is 17.5 Å². The van der Waals surface area contributed by atoms with Gasteiger partial charge in [-0.1, -0.05) is 0 Å². The lowest BCUT2D eigenvalue weighted by Crippen LogP contribution is -2.47. The maximum Gasteiger partial charge on any atom is 0.416 e. The van der Waals surface area contributed by atoms with Crippen molar-refractivity contribution >= 4 is 22.0 Å². The molecule has 0 aromatic heterocycles. The molecular formula is C20H20F3N3O5S. The maximum absolute atomic E-state index is 13.1. The van der Waals surface area contributed by atoms with Crippen LogP contribution in [0.15, 0.2) is 53.4 Å². The van der Waals surface area contributed by atoms with Gasteiger partial charge in [0.15, 0.2) is 0 Å². The average Bonchev–Trinajstić information content (AvgIpc) is 3.02. The molecule has 3 amide bonds. The Kier molecular flexibility index (Phi) is 6.46. The predicted molar refractivity (Wildman–Crippen MR) is 107 cm³/mol. The molecule has 1 heterocycles. The molecule has 0 saturated carbocycles. The minimum absolute atomic E-state index is 0.0734. The van der Waals surface area contributed by atoms with Crippen molar-refractivity contribution in [3.8, 4) is 11.5 Å². The van der Waals surface area contributed by atoms with Gasteiger partial charge < -0.3 is 10.1 Å². The zero-order valence-electron chi connectivity index (χ0n) is 17.0. The van der Waals surface area contributed by atoms with Crippen LogP contribution in [-0.4, -0.2) is 43.3 Å². The van der Waals surface area contributed by atoms with Gasteiger partial charge in [-0.05, 0) is 62.4 Å². The third-order valence-electron chi connectivity index (χ3n) is 4.64. The molecule has 1 fully saturated rings. The van der Waals surface area contributed by atoms with E-state index in [-0.39, 0.29) is 22.9 Å². The fraction of sp³-hybridized carbons (Fsp3) is 0.300. The summed E-state index contributed by atoms with van der Waals surface area (Å²) in [6, 6.07) is 7.19. The summed E-state index contributed by atoms with van der Waals surface area (Å²) < 4.78 is 70.7. The van der Waals surface area contributed by atoms with Crippen LogP contribution in [0.1, 0.15) is 19.4 Å². The largest absolute Gasteiger partial charge is 0.457 e. The lowest BCUT2D eigenvalue weighted by molar-refractivity contribution is -0.137. The molecule has 0 aliphatic carbocycles. The summed E-state index contributed by atoms with van der Waals surface area (Å²) in [4.78, 5) is 23.0. The number of rotatable bonds is 7. The van der Waals surface area contributed by atoms with Crippen molar-refractivity contribution in [3.63, 3.8) is 0 Å². The van der Waals surface area contributed by atoms with Gasteiger partial charge in [0, 0.05) is 12.6 Å². The van der Waals surface area contributed by atoms with Crippen LogP contribution in [0.25, 0.3) is 0 Å². The Labute approximate surface area is 182 Å². The van der Waals surface area contributed by atoms with Gasteiger partial charge >= 0.3 is 12.2 Å². The van der Waals surface area contributed by atoms with Crippen molar-refractivity contribution < 1.29 is 35.9 Å². The Morgan fingerprint density at radius 2 is 1.53 bits per heavy atom. The molecule has 8 nitrogen and oxygen atoms in total. The number of urea groups is 1. The minimum Gasteiger partial charge on any atom is -0.457 e. The number of alkyl halides is 3. The predicted octanol–water partition coefficient (Wildman–Crippen LogP) is 3.10. The molecule has 2 aromatic rings. The van der Waals surface area contributed by atoms with Crippen molar-refractivity contribution in [2.75, 3.05) is 6.54 Å². The molecule has 2 N–H and O–H groups in total. The SMILES string of the molecule is CC(C)N(CC1NC(=O)NC1=O)S(=O)(=O)c1ccc(Oc2ccc(C(F)(F)F)cc2)cc1. The van der Waals surface area contributed by atoms with Crippen LogP contribution < -0.4 is 15.4 Å². The van der Waals surface area contributed by atoms with E-state index in [4.69, 9.17) is 4.74 Å². The first-order valence-electron chi connectivity index (χ1n) is 9.46. The second-order valence-electron chi connectivity index (χ2n) is 7.28. The maximum atomic E-state index is 13.1. The zero-order valence-corrected chi connectivity index (χ0v) is 17.8. The highest BCUT2D eigenvalue weighted by Gasteiger charge is 2.36. The molecule has 1 aliphatic heterocycles. The van der Waals surface area contributed by atoms with Crippen LogP contribution in [-0.2, 0) is 21.0 Å². The number of amides is 3. The average molecular weight is 471 g/mol. The Hall–Kier alpha value is -3.12. The van der Waals surface area contributed by atoms with Gasteiger partial charge in [-0.15, -0.1) is 0 Å². The molecule has 172 valence electrons. The topological polar surface area (TPSA) is 105 Å². The quantitative estimate of drug-likeness (QED) is 0.604. The molecule has 0 radical (unpaired) electrons. The van der Waals surface area contributed by atoms with Gasteiger partial charge in [-0.25, -0.2) is 13.2 Å². The highest BCUT2D eigenvalue weighted by Crippen LogP contribution is 2.31.